The quantitative estimate of drug-likeness (QED) is 0.821. The molecule has 0 spiro atoms. The molecule has 0 saturated carbocycles. The molecule has 0 radical (unpaired) electrons. The van der Waals surface area contributed by atoms with Crippen LogP contribution in [0.25, 0.3) is 0 Å². The predicted molar refractivity (Wildman–Crippen MR) is 65.2 cm³/mol. The number of hydrogen-bond donors (Lipinski definition) is 2. The fourth-order valence-corrected chi connectivity index (χ4v) is 1.57. The van der Waals surface area contributed by atoms with E-state index >= 15 is 0 Å². The zero-order valence-corrected chi connectivity index (χ0v) is 10.0. The second kappa shape index (κ2) is 5.66. The molecule has 88 valence electrons. The zero-order chi connectivity index (χ0) is 12.1. The highest BCUT2D eigenvalue weighted by Crippen LogP contribution is 2.22. The molecule has 1 aromatic rings. The highest BCUT2D eigenvalue weighted by atomic mass is 16.3. The minimum Gasteiger partial charge on any atom is -0.388 e. The molecular weight excluding hydrogens is 202 g/mol. The van der Waals surface area contributed by atoms with Gasteiger partial charge in [0.2, 0.25) is 5.91 Å². The van der Waals surface area contributed by atoms with Crippen molar-refractivity contribution in [1.29, 1.82) is 0 Å². The van der Waals surface area contributed by atoms with E-state index < -0.39 is 6.10 Å². The largest absolute Gasteiger partial charge is 0.388 e. The minimum absolute atomic E-state index is 0.0875. The molecule has 1 amide bonds. The Hall–Kier alpha value is -1.35. The average Bonchev–Trinajstić information content (AvgIpc) is 2.16. The van der Waals surface area contributed by atoms with Crippen molar-refractivity contribution in [2.24, 2.45) is 5.92 Å². The van der Waals surface area contributed by atoms with Gasteiger partial charge in [-0.05, 0) is 30.0 Å². The number of nitrogens with one attached hydrogen (secondary N) is 1. The van der Waals surface area contributed by atoms with E-state index in [1.165, 1.54) is 6.92 Å². The molecule has 0 saturated heterocycles. The summed E-state index contributed by atoms with van der Waals surface area (Å²) in [4.78, 5) is 10.8. The number of anilines is 1. The van der Waals surface area contributed by atoms with Crippen molar-refractivity contribution in [2.45, 2.75) is 33.3 Å². The fraction of sp³-hybridized carbons (Fsp3) is 0.462. The molecule has 1 rings (SSSR count). The fourth-order valence-electron chi connectivity index (χ4n) is 1.57. The Morgan fingerprint density at radius 3 is 2.31 bits per heavy atom. The van der Waals surface area contributed by atoms with Crippen LogP contribution in [0, 0.1) is 5.92 Å². The van der Waals surface area contributed by atoms with Crippen molar-refractivity contribution in [1.82, 2.24) is 0 Å². The molecule has 1 atom stereocenters. The zero-order valence-electron chi connectivity index (χ0n) is 10.0. The van der Waals surface area contributed by atoms with Crippen LogP contribution >= 0.6 is 0 Å². The highest BCUT2D eigenvalue weighted by Gasteiger charge is 2.09. The van der Waals surface area contributed by atoms with E-state index in [0.717, 1.165) is 17.7 Å². The van der Waals surface area contributed by atoms with Gasteiger partial charge >= 0.3 is 0 Å². The molecule has 1 unspecified atom stereocenters. The Morgan fingerprint density at radius 2 is 1.88 bits per heavy atom. The van der Waals surface area contributed by atoms with Crippen LogP contribution < -0.4 is 5.32 Å². The van der Waals surface area contributed by atoms with Crippen LogP contribution in [0.1, 0.15) is 38.9 Å². The molecule has 0 heterocycles. The Morgan fingerprint density at radius 1 is 1.31 bits per heavy atom. The average molecular weight is 221 g/mol. The molecule has 0 aliphatic heterocycles. The summed E-state index contributed by atoms with van der Waals surface area (Å²) < 4.78 is 0. The van der Waals surface area contributed by atoms with Crippen LogP contribution in [0.2, 0.25) is 0 Å². The van der Waals surface area contributed by atoms with Crippen molar-refractivity contribution < 1.29 is 9.90 Å². The third-order valence-corrected chi connectivity index (χ3v) is 2.31. The maximum Gasteiger partial charge on any atom is 0.221 e. The van der Waals surface area contributed by atoms with Crippen LogP contribution in [0.15, 0.2) is 24.3 Å². The summed E-state index contributed by atoms with van der Waals surface area (Å²) in [6, 6.07) is 7.30. The minimum atomic E-state index is -0.425. The summed E-state index contributed by atoms with van der Waals surface area (Å²) in [6.45, 7) is 5.63. The number of carbonyl (C=O) groups excluding carboxylic acids is 1. The Bertz CT molecular complexity index is 343. The first kappa shape index (κ1) is 12.7. The van der Waals surface area contributed by atoms with Gasteiger partial charge in [-0.25, -0.2) is 0 Å². The molecule has 0 bridgehead atoms. The van der Waals surface area contributed by atoms with Gasteiger partial charge in [-0.2, -0.15) is 0 Å². The number of amides is 1. The van der Waals surface area contributed by atoms with E-state index in [1.54, 1.807) is 12.1 Å². The Labute approximate surface area is 96.5 Å². The number of benzene rings is 1. The number of carbonyl (C=O) groups is 1. The van der Waals surface area contributed by atoms with E-state index in [2.05, 4.69) is 19.2 Å². The van der Waals surface area contributed by atoms with E-state index in [1.807, 2.05) is 12.1 Å². The van der Waals surface area contributed by atoms with Crippen LogP contribution in [0.3, 0.4) is 0 Å². The molecule has 0 aromatic heterocycles. The van der Waals surface area contributed by atoms with Crippen molar-refractivity contribution in [3.05, 3.63) is 29.8 Å². The van der Waals surface area contributed by atoms with E-state index in [-0.39, 0.29) is 5.91 Å². The first-order chi connectivity index (χ1) is 7.49. The smallest absolute Gasteiger partial charge is 0.221 e. The maximum atomic E-state index is 10.8. The normalized spacial score (nSPS) is 12.6. The molecular formula is C13H19NO2. The number of rotatable bonds is 4. The third kappa shape index (κ3) is 4.03. The first-order valence-electron chi connectivity index (χ1n) is 5.54. The molecule has 0 aliphatic rings. The van der Waals surface area contributed by atoms with Crippen LogP contribution in [0.4, 0.5) is 5.69 Å². The monoisotopic (exact) mass is 221 g/mol. The van der Waals surface area contributed by atoms with Crippen molar-refractivity contribution in [2.75, 3.05) is 5.32 Å². The number of aliphatic hydroxyl groups excluding tert-OH is 1. The standard InChI is InChI=1S/C13H19NO2/c1-9(2)8-13(16)11-4-6-12(7-5-11)14-10(3)15/h4-7,9,13,16H,8H2,1-3H3,(H,14,15). The van der Waals surface area contributed by atoms with Gasteiger partial charge < -0.3 is 10.4 Å². The van der Waals surface area contributed by atoms with Gasteiger partial charge in [-0.3, -0.25) is 4.79 Å². The lowest BCUT2D eigenvalue weighted by Crippen LogP contribution is -2.06. The van der Waals surface area contributed by atoms with E-state index in [0.29, 0.717) is 5.92 Å². The molecule has 2 N–H and O–H groups in total. The van der Waals surface area contributed by atoms with Crippen LogP contribution in [0.5, 0.6) is 0 Å². The summed E-state index contributed by atoms with van der Waals surface area (Å²) in [6.07, 6.45) is 0.325. The lowest BCUT2D eigenvalue weighted by atomic mass is 9.99. The molecule has 0 aliphatic carbocycles. The second-order valence-electron chi connectivity index (χ2n) is 4.45. The SMILES string of the molecule is CC(=O)Nc1ccc(C(O)CC(C)C)cc1. The van der Waals surface area contributed by atoms with Gasteiger partial charge in [-0.15, -0.1) is 0 Å². The lowest BCUT2D eigenvalue weighted by Gasteiger charge is -2.13. The first-order valence-corrected chi connectivity index (χ1v) is 5.54. The highest BCUT2D eigenvalue weighted by molar-refractivity contribution is 5.88. The second-order valence-corrected chi connectivity index (χ2v) is 4.45. The van der Waals surface area contributed by atoms with Gasteiger partial charge in [0.25, 0.3) is 0 Å². The van der Waals surface area contributed by atoms with E-state index in [4.69, 9.17) is 0 Å². The summed E-state index contributed by atoms with van der Waals surface area (Å²) in [5, 5.41) is 12.6. The lowest BCUT2D eigenvalue weighted by molar-refractivity contribution is -0.114. The molecule has 16 heavy (non-hydrogen) atoms. The van der Waals surface area contributed by atoms with Gasteiger partial charge in [0.1, 0.15) is 0 Å². The summed E-state index contributed by atoms with van der Waals surface area (Å²) in [5.74, 6) is 0.375. The van der Waals surface area contributed by atoms with Gasteiger partial charge in [-0.1, -0.05) is 26.0 Å². The molecule has 3 heteroatoms. The number of hydrogen-bond acceptors (Lipinski definition) is 2. The molecule has 3 nitrogen and oxygen atoms in total. The summed E-state index contributed by atoms with van der Waals surface area (Å²) >= 11 is 0. The van der Waals surface area contributed by atoms with Crippen LogP contribution in [-0.4, -0.2) is 11.0 Å². The Kier molecular flexibility index (Phi) is 4.50. The summed E-state index contributed by atoms with van der Waals surface area (Å²) in [5.41, 5.74) is 1.65. The van der Waals surface area contributed by atoms with Crippen molar-refractivity contribution >= 4 is 11.6 Å². The van der Waals surface area contributed by atoms with Crippen molar-refractivity contribution in [3.63, 3.8) is 0 Å². The number of aliphatic hydroxyl groups is 1. The van der Waals surface area contributed by atoms with Crippen molar-refractivity contribution in [3.8, 4) is 0 Å². The maximum absolute atomic E-state index is 10.8. The van der Waals surface area contributed by atoms with Crippen LogP contribution in [-0.2, 0) is 4.79 Å². The van der Waals surface area contributed by atoms with Gasteiger partial charge in [0.15, 0.2) is 0 Å². The van der Waals surface area contributed by atoms with Gasteiger partial charge in [0, 0.05) is 12.6 Å². The Balaban J connectivity index is 2.66. The predicted octanol–water partition coefficient (Wildman–Crippen LogP) is 2.72. The third-order valence-electron chi connectivity index (χ3n) is 2.31. The van der Waals surface area contributed by atoms with Gasteiger partial charge in [0.05, 0.1) is 6.10 Å². The van der Waals surface area contributed by atoms with E-state index in [9.17, 15) is 9.90 Å². The molecule has 1 aromatic carbocycles. The molecule has 0 fully saturated rings. The topological polar surface area (TPSA) is 49.3 Å². The summed E-state index contributed by atoms with van der Waals surface area (Å²) in [7, 11) is 0.